The van der Waals surface area contributed by atoms with Crippen LogP contribution >= 0.6 is 0 Å². The molecule has 0 aliphatic rings. The SMILES string of the molecule is Cc1cc(NC(=O)/C=C/c2ccccc2)n(-c2ncnc3c2cnn3-c2ccccc2)n1. The normalized spacial score (nSPS) is 11.3. The second-order valence-electron chi connectivity index (χ2n) is 7.14. The minimum Gasteiger partial charge on any atom is -0.307 e. The summed E-state index contributed by atoms with van der Waals surface area (Å²) in [7, 11) is 0. The molecule has 5 aromatic rings. The van der Waals surface area contributed by atoms with Crippen molar-refractivity contribution in [2.24, 2.45) is 0 Å². The Labute approximate surface area is 183 Å². The second-order valence-corrected chi connectivity index (χ2v) is 7.14. The van der Waals surface area contributed by atoms with Crippen LogP contribution in [-0.2, 0) is 4.79 Å². The molecule has 0 spiro atoms. The topological polar surface area (TPSA) is 90.5 Å². The number of amides is 1. The minimum absolute atomic E-state index is 0.264. The Morgan fingerprint density at radius 1 is 0.969 bits per heavy atom. The maximum Gasteiger partial charge on any atom is 0.249 e. The molecule has 3 heterocycles. The van der Waals surface area contributed by atoms with Gasteiger partial charge in [-0.15, -0.1) is 0 Å². The van der Waals surface area contributed by atoms with E-state index in [-0.39, 0.29) is 5.91 Å². The number of hydrogen-bond acceptors (Lipinski definition) is 5. The number of nitrogens with zero attached hydrogens (tertiary/aromatic N) is 6. The van der Waals surface area contributed by atoms with Gasteiger partial charge in [0.25, 0.3) is 0 Å². The highest BCUT2D eigenvalue weighted by atomic mass is 16.1. The third-order valence-electron chi connectivity index (χ3n) is 4.86. The van der Waals surface area contributed by atoms with Crippen LogP contribution in [0.1, 0.15) is 11.3 Å². The van der Waals surface area contributed by atoms with Gasteiger partial charge in [0.1, 0.15) is 12.1 Å². The molecular weight excluding hydrogens is 402 g/mol. The lowest BCUT2D eigenvalue weighted by Crippen LogP contribution is -2.13. The molecule has 0 fully saturated rings. The van der Waals surface area contributed by atoms with Crippen LogP contribution in [0.5, 0.6) is 0 Å². The predicted molar refractivity (Wildman–Crippen MR) is 123 cm³/mol. The number of rotatable bonds is 5. The number of benzene rings is 2. The van der Waals surface area contributed by atoms with Crippen LogP contribution in [0.25, 0.3) is 28.6 Å². The summed E-state index contributed by atoms with van der Waals surface area (Å²) in [4.78, 5) is 21.4. The molecule has 8 nitrogen and oxygen atoms in total. The molecule has 0 saturated carbocycles. The van der Waals surface area contributed by atoms with Crippen LogP contribution < -0.4 is 5.32 Å². The number of fused-ring (bicyclic) bond motifs is 1. The molecule has 0 radical (unpaired) electrons. The lowest BCUT2D eigenvalue weighted by molar-refractivity contribution is -0.111. The summed E-state index contributed by atoms with van der Waals surface area (Å²) in [6.07, 6.45) is 6.42. The molecule has 0 aliphatic carbocycles. The van der Waals surface area contributed by atoms with E-state index in [0.29, 0.717) is 17.3 Å². The van der Waals surface area contributed by atoms with Gasteiger partial charge < -0.3 is 5.32 Å². The summed E-state index contributed by atoms with van der Waals surface area (Å²) in [5.74, 6) is 0.783. The van der Waals surface area contributed by atoms with Crippen molar-refractivity contribution in [1.82, 2.24) is 29.5 Å². The number of carbonyl (C=O) groups is 1. The van der Waals surface area contributed by atoms with E-state index in [4.69, 9.17) is 0 Å². The summed E-state index contributed by atoms with van der Waals surface area (Å²) in [5, 5.41) is 12.6. The molecule has 32 heavy (non-hydrogen) atoms. The van der Waals surface area contributed by atoms with Crippen molar-refractivity contribution in [3.05, 3.63) is 96.6 Å². The van der Waals surface area contributed by atoms with Crippen LogP contribution in [0.3, 0.4) is 0 Å². The fourth-order valence-corrected chi connectivity index (χ4v) is 3.41. The smallest absolute Gasteiger partial charge is 0.249 e. The van der Waals surface area contributed by atoms with E-state index < -0.39 is 0 Å². The molecule has 0 unspecified atom stereocenters. The van der Waals surface area contributed by atoms with Gasteiger partial charge in [-0.3, -0.25) is 4.79 Å². The van der Waals surface area contributed by atoms with Gasteiger partial charge in [0, 0.05) is 12.1 Å². The fourth-order valence-electron chi connectivity index (χ4n) is 3.41. The summed E-state index contributed by atoms with van der Waals surface area (Å²) >= 11 is 0. The number of aromatic nitrogens is 6. The van der Waals surface area contributed by atoms with Crippen molar-refractivity contribution >= 4 is 28.8 Å². The van der Waals surface area contributed by atoms with Gasteiger partial charge in [0.15, 0.2) is 11.5 Å². The third-order valence-corrected chi connectivity index (χ3v) is 4.86. The molecule has 0 saturated heterocycles. The first-order chi connectivity index (χ1) is 15.7. The van der Waals surface area contributed by atoms with E-state index in [1.807, 2.05) is 67.6 Å². The Balaban J connectivity index is 1.49. The first-order valence-corrected chi connectivity index (χ1v) is 10.0. The van der Waals surface area contributed by atoms with E-state index in [1.54, 1.807) is 27.7 Å². The maximum atomic E-state index is 12.5. The molecule has 1 N–H and O–H groups in total. The van der Waals surface area contributed by atoms with E-state index in [0.717, 1.165) is 22.3 Å². The lowest BCUT2D eigenvalue weighted by Gasteiger charge is -2.08. The summed E-state index contributed by atoms with van der Waals surface area (Å²) in [6.45, 7) is 1.86. The Morgan fingerprint density at radius 3 is 2.50 bits per heavy atom. The summed E-state index contributed by atoms with van der Waals surface area (Å²) in [6, 6.07) is 21.2. The van der Waals surface area contributed by atoms with Crippen LogP contribution in [0.15, 0.2) is 85.3 Å². The monoisotopic (exact) mass is 421 g/mol. The Hall–Kier alpha value is -4.59. The standard InChI is InChI=1S/C24H19N7O/c1-17-14-21(28-22(32)13-12-18-8-4-2-5-9-18)31(29-17)24-20-15-27-30(23(20)25-16-26-24)19-10-6-3-7-11-19/h2-16H,1H3,(H,28,32)/b13-12+. The molecular formula is C24H19N7O. The molecule has 5 rings (SSSR count). The van der Waals surface area contributed by atoms with E-state index in [1.165, 1.54) is 12.4 Å². The summed E-state index contributed by atoms with van der Waals surface area (Å²) < 4.78 is 3.35. The van der Waals surface area contributed by atoms with Crippen molar-refractivity contribution in [3.63, 3.8) is 0 Å². The van der Waals surface area contributed by atoms with Gasteiger partial charge in [-0.1, -0.05) is 48.5 Å². The quantitative estimate of drug-likeness (QED) is 0.434. The van der Waals surface area contributed by atoms with Gasteiger partial charge in [-0.05, 0) is 30.7 Å². The highest BCUT2D eigenvalue weighted by molar-refractivity contribution is 6.01. The predicted octanol–water partition coefficient (Wildman–Crippen LogP) is 3.96. The van der Waals surface area contributed by atoms with Gasteiger partial charge in [-0.25, -0.2) is 14.6 Å². The van der Waals surface area contributed by atoms with Crippen molar-refractivity contribution in [1.29, 1.82) is 0 Å². The van der Waals surface area contributed by atoms with Gasteiger partial charge >= 0.3 is 0 Å². The van der Waals surface area contributed by atoms with E-state index in [9.17, 15) is 4.79 Å². The number of carbonyl (C=O) groups excluding carboxylic acids is 1. The van der Waals surface area contributed by atoms with Gasteiger partial charge in [0.2, 0.25) is 5.91 Å². The van der Waals surface area contributed by atoms with E-state index in [2.05, 4.69) is 25.5 Å². The highest BCUT2D eigenvalue weighted by Crippen LogP contribution is 2.24. The second kappa shape index (κ2) is 8.27. The number of para-hydroxylation sites is 1. The number of anilines is 1. The van der Waals surface area contributed by atoms with Crippen LogP contribution in [0.2, 0.25) is 0 Å². The average molecular weight is 421 g/mol. The largest absolute Gasteiger partial charge is 0.307 e. The number of hydrogen-bond donors (Lipinski definition) is 1. The lowest BCUT2D eigenvalue weighted by atomic mass is 10.2. The van der Waals surface area contributed by atoms with Crippen LogP contribution in [-0.4, -0.2) is 35.4 Å². The number of aryl methyl sites for hydroxylation is 1. The Bertz CT molecular complexity index is 1420. The molecule has 0 bridgehead atoms. The van der Waals surface area contributed by atoms with Gasteiger partial charge in [0.05, 0.1) is 23.0 Å². The van der Waals surface area contributed by atoms with Crippen molar-refractivity contribution in [2.75, 3.05) is 5.32 Å². The Morgan fingerprint density at radius 2 is 1.72 bits per heavy atom. The first kappa shape index (κ1) is 19.4. The van der Waals surface area contributed by atoms with E-state index >= 15 is 0 Å². The molecule has 156 valence electrons. The first-order valence-electron chi connectivity index (χ1n) is 10.0. The third kappa shape index (κ3) is 3.77. The number of nitrogens with one attached hydrogen (secondary N) is 1. The Kier molecular flexibility index (Phi) is 5.01. The summed E-state index contributed by atoms with van der Waals surface area (Å²) in [5.41, 5.74) is 3.23. The average Bonchev–Trinajstić information content (AvgIpc) is 3.42. The molecule has 3 aromatic heterocycles. The molecule has 0 atom stereocenters. The highest BCUT2D eigenvalue weighted by Gasteiger charge is 2.17. The molecule has 2 aromatic carbocycles. The van der Waals surface area contributed by atoms with Crippen LogP contribution in [0.4, 0.5) is 5.82 Å². The maximum absolute atomic E-state index is 12.5. The molecule has 8 heteroatoms. The van der Waals surface area contributed by atoms with Crippen molar-refractivity contribution < 1.29 is 4.79 Å². The molecule has 0 aliphatic heterocycles. The zero-order chi connectivity index (χ0) is 21.9. The van der Waals surface area contributed by atoms with Crippen molar-refractivity contribution in [2.45, 2.75) is 6.92 Å². The zero-order valence-corrected chi connectivity index (χ0v) is 17.3. The fraction of sp³-hybridized carbons (Fsp3) is 0.0417. The van der Waals surface area contributed by atoms with Gasteiger partial charge in [-0.2, -0.15) is 14.9 Å². The zero-order valence-electron chi connectivity index (χ0n) is 17.3. The van der Waals surface area contributed by atoms with Crippen LogP contribution in [0, 0.1) is 6.92 Å². The minimum atomic E-state index is -0.264. The molecule has 1 amide bonds. The van der Waals surface area contributed by atoms with Crippen molar-refractivity contribution in [3.8, 4) is 11.5 Å².